The Morgan fingerprint density at radius 1 is 0.618 bits per heavy atom. The van der Waals surface area contributed by atoms with Gasteiger partial charge in [-0.05, 0) is 70.8 Å². The fraction of sp³-hybridized carbons (Fsp3) is 0. The van der Waals surface area contributed by atoms with Crippen LogP contribution in [0, 0.1) is 0 Å². The molecule has 4 aromatic rings. The number of phenolic OH excluding ortho intramolecular Hbond substituents is 1. The van der Waals surface area contributed by atoms with Gasteiger partial charge in [0, 0.05) is 11.1 Å². The van der Waals surface area contributed by atoms with E-state index in [1.54, 1.807) is 60.7 Å². The van der Waals surface area contributed by atoms with Gasteiger partial charge < -0.3 is 20.1 Å². The Bertz CT molecular complexity index is 1290. The molecule has 3 N–H and O–H groups in total. The molecule has 4 aromatic carbocycles. The van der Waals surface area contributed by atoms with Crippen molar-refractivity contribution in [2.45, 2.75) is 0 Å². The molecule has 0 atom stereocenters. The summed E-state index contributed by atoms with van der Waals surface area (Å²) >= 11 is 0. The van der Waals surface area contributed by atoms with Gasteiger partial charge in [-0.2, -0.15) is 0 Å². The SMILES string of the molecule is O=COc1ccc(-c2cc(-c3ccc(C(=O)O)cc3)c(O)c(-c3ccc(C(=O)O)cc3)c2)cc1. The van der Waals surface area contributed by atoms with Crippen LogP contribution in [0.2, 0.25) is 0 Å². The summed E-state index contributed by atoms with van der Waals surface area (Å²) in [5.41, 5.74) is 3.92. The lowest BCUT2D eigenvalue weighted by atomic mass is 9.91. The van der Waals surface area contributed by atoms with Crippen LogP contribution < -0.4 is 4.74 Å². The molecule has 0 saturated carbocycles. The highest BCUT2D eigenvalue weighted by atomic mass is 16.5. The summed E-state index contributed by atoms with van der Waals surface area (Å²) < 4.78 is 4.85. The molecule has 0 bridgehead atoms. The lowest BCUT2D eigenvalue weighted by molar-refractivity contribution is -0.120. The Hall–Kier alpha value is -4.91. The first-order valence-corrected chi connectivity index (χ1v) is 10.1. The van der Waals surface area contributed by atoms with Crippen LogP contribution in [0.4, 0.5) is 0 Å². The number of benzene rings is 4. The van der Waals surface area contributed by atoms with Gasteiger partial charge in [-0.1, -0.05) is 36.4 Å². The maximum Gasteiger partial charge on any atom is 0.335 e. The molecule has 34 heavy (non-hydrogen) atoms. The molecule has 0 radical (unpaired) electrons. The average Bonchev–Trinajstić information content (AvgIpc) is 2.85. The Morgan fingerprint density at radius 2 is 1.03 bits per heavy atom. The molecule has 0 fully saturated rings. The number of hydrogen-bond acceptors (Lipinski definition) is 5. The van der Waals surface area contributed by atoms with Gasteiger partial charge in [0.25, 0.3) is 6.47 Å². The molecule has 0 heterocycles. The van der Waals surface area contributed by atoms with Gasteiger partial charge in [0.1, 0.15) is 11.5 Å². The minimum Gasteiger partial charge on any atom is -0.507 e. The molecule has 168 valence electrons. The van der Waals surface area contributed by atoms with Crippen LogP contribution in [-0.4, -0.2) is 33.7 Å². The number of phenols is 1. The number of aromatic carboxylic acids is 2. The summed E-state index contributed by atoms with van der Waals surface area (Å²) in [6.45, 7) is 0.341. The number of rotatable bonds is 7. The maximum absolute atomic E-state index is 11.2. The normalized spacial score (nSPS) is 10.5. The van der Waals surface area contributed by atoms with E-state index in [0.29, 0.717) is 34.5 Å². The Labute approximate surface area is 194 Å². The topological polar surface area (TPSA) is 121 Å². The van der Waals surface area contributed by atoms with E-state index in [1.165, 1.54) is 24.3 Å². The number of carboxylic acid groups (broad SMARTS) is 2. The van der Waals surface area contributed by atoms with E-state index in [0.717, 1.165) is 11.1 Å². The minimum atomic E-state index is -1.05. The van der Waals surface area contributed by atoms with E-state index in [-0.39, 0.29) is 16.9 Å². The number of carbonyl (C=O) groups is 3. The van der Waals surface area contributed by atoms with Gasteiger partial charge in [-0.25, -0.2) is 9.59 Å². The van der Waals surface area contributed by atoms with E-state index < -0.39 is 11.9 Å². The van der Waals surface area contributed by atoms with Crippen molar-refractivity contribution in [3.63, 3.8) is 0 Å². The summed E-state index contributed by atoms with van der Waals surface area (Å²) in [7, 11) is 0. The standard InChI is InChI=1S/C27H18O7/c28-15-34-22-11-9-16(10-12-22)21-13-23(17-1-5-19(6-2-17)26(30)31)25(29)24(14-21)18-3-7-20(8-4-18)27(32)33/h1-15,29H,(H,30,31)(H,32,33). The lowest BCUT2D eigenvalue weighted by Crippen LogP contribution is -1.96. The van der Waals surface area contributed by atoms with Crippen molar-refractivity contribution in [3.05, 3.63) is 96.1 Å². The summed E-state index contributed by atoms with van der Waals surface area (Å²) in [6.07, 6.45) is 0. The summed E-state index contributed by atoms with van der Waals surface area (Å²) in [5.74, 6) is -1.76. The highest BCUT2D eigenvalue weighted by molar-refractivity contribution is 5.92. The third kappa shape index (κ3) is 4.49. The minimum absolute atomic E-state index is 0.0317. The molecule has 0 aliphatic carbocycles. The summed E-state index contributed by atoms with van der Waals surface area (Å²) in [4.78, 5) is 33.0. The van der Waals surface area contributed by atoms with E-state index in [2.05, 4.69) is 0 Å². The van der Waals surface area contributed by atoms with Gasteiger partial charge in [0.2, 0.25) is 0 Å². The number of ether oxygens (including phenoxy) is 1. The van der Waals surface area contributed by atoms with Crippen LogP contribution in [0.15, 0.2) is 84.9 Å². The predicted octanol–water partition coefficient (Wildman–Crippen LogP) is 5.32. The number of carbonyl (C=O) groups excluding carboxylic acids is 1. The van der Waals surface area contributed by atoms with Gasteiger partial charge in [-0.15, -0.1) is 0 Å². The highest BCUT2D eigenvalue weighted by Crippen LogP contribution is 2.42. The maximum atomic E-state index is 11.2. The third-order valence-corrected chi connectivity index (χ3v) is 5.37. The van der Waals surface area contributed by atoms with Crippen molar-refractivity contribution in [2.24, 2.45) is 0 Å². The quantitative estimate of drug-likeness (QED) is 0.323. The second-order valence-corrected chi connectivity index (χ2v) is 7.42. The van der Waals surface area contributed by atoms with Crippen molar-refractivity contribution >= 4 is 18.4 Å². The van der Waals surface area contributed by atoms with Crippen LogP contribution in [0.1, 0.15) is 20.7 Å². The molecule has 7 heteroatoms. The summed E-state index contributed by atoms with van der Waals surface area (Å²) in [5, 5.41) is 29.5. The van der Waals surface area contributed by atoms with Crippen molar-refractivity contribution in [2.75, 3.05) is 0 Å². The molecule has 0 amide bonds. The number of aromatic hydroxyl groups is 1. The van der Waals surface area contributed by atoms with Gasteiger partial charge in [-0.3, -0.25) is 4.79 Å². The fourth-order valence-corrected chi connectivity index (χ4v) is 3.61. The predicted molar refractivity (Wildman–Crippen MR) is 125 cm³/mol. The molecular weight excluding hydrogens is 436 g/mol. The number of carboxylic acids is 2. The molecule has 0 aliphatic rings. The van der Waals surface area contributed by atoms with Crippen molar-refractivity contribution in [1.29, 1.82) is 0 Å². The van der Waals surface area contributed by atoms with Crippen molar-refractivity contribution in [3.8, 4) is 44.9 Å². The van der Waals surface area contributed by atoms with Crippen LogP contribution in [0.25, 0.3) is 33.4 Å². The van der Waals surface area contributed by atoms with Gasteiger partial charge in [0.05, 0.1) is 11.1 Å². The molecular formula is C27H18O7. The van der Waals surface area contributed by atoms with Crippen LogP contribution in [0.5, 0.6) is 11.5 Å². The highest BCUT2D eigenvalue weighted by Gasteiger charge is 2.16. The monoisotopic (exact) mass is 454 g/mol. The third-order valence-electron chi connectivity index (χ3n) is 5.37. The van der Waals surface area contributed by atoms with Crippen molar-refractivity contribution in [1.82, 2.24) is 0 Å². The van der Waals surface area contributed by atoms with E-state index in [4.69, 9.17) is 4.74 Å². The molecule has 4 rings (SSSR count). The van der Waals surface area contributed by atoms with Crippen LogP contribution in [0.3, 0.4) is 0 Å². The van der Waals surface area contributed by atoms with E-state index in [1.807, 2.05) is 0 Å². The zero-order valence-corrected chi connectivity index (χ0v) is 17.6. The smallest absolute Gasteiger partial charge is 0.335 e. The van der Waals surface area contributed by atoms with Crippen LogP contribution >= 0.6 is 0 Å². The first kappa shape index (κ1) is 22.3. The largest absolute Gasteiger partial charge is 0.507 e. The zero-order valence-electron chi connectivity index (χ0n) is 17.6. The molecule has 7 nitrogen and oxygen atoms in total. The van der Waals surface area contributed by atoms with E-state index >= 15 is 0 Å². The fourth-order valence-electron chi connectivity index (χ4n) is 3.61. The molecule has 0 aliphatic heterocycles. The second-order valence-electron chi connectivity index (χ2n) is 7.42. The molecule has 0 aromatic heterocycles. The first-order valence-electron chi connectivity index (χ1n) is 10.1. The number of hydrogen-bond donors (Lipinski definition) is 3. The second kappa shape index (κ2) is 9.30. The Balaban J connectivity index is 1.88. The Morgan fingerprint density at radius 3 is 1.41 bits per heavy atom. The Kier molecular flexibility index (Phi) is 6.09. The first-order chi connectivity index (χ1) is 16.4. The zero-order chi connectivity index (χ0) is 24.2. The van der Waals surface area contributed by atoms with Gasteiger partial charge >= 0.3 is 11.9 Å². The molecule has 0 unspecified atom stereocenters. The average molecular weight is 454 g/mol. The molecule has 0 spiro atoms. The van der Waals surface area contributed by atoms with Crippen LogP contribution in [-0.2, 0) is 4.79 Å². The van der Waals surface area contributed by atoms with E-state index in [9.17, 15) is 29.7 Å². The molecule has 0 saturated heterocycles. The van der Waals surface area contributed by atoms with Crippen molar-refractivity contribution < 1.29 is 34.4 Å². The summed E-state index contributed by atoms with van der Waals surface area (Å²) in [6, 6.07) is 22.6. The van der Waals surface area contributed by atoms with Gasteiger partial charge in [0.15, 0.2) is 0 Å². The lowest BCUT2D eigenvalue weighted by Gasteiger charge is -2.15.